The molecule has 0 spiro atoms. The van der Waals surface area contributed by atoms with E-state index in [4.69, 9.17) is 4.42 Å². The molecule has 0 bridgehead atoms. The van der Waals surface area contributed by atoms with Crippen LogP contribution in [-0.2, 0) is 12.8 Å². The van der Waals surface area contributed by atoms with Crippen LogP contribution in [0, 0.1) is 5.82 Å². The summed E-state index contributed by atoms with van der Waals surface area (Å²) in [5, 5.41) is 8.05. The summed E-state index contributed by atoms with van der Waals surface area (Å²) in [6.07, 6.45) is 1.14. The number of benzene rings is 2. The summed E-state index contributed by atoms with van der Waals surface area (Å²) < 4.78 is 18.4. The molecule has 4 heteroatoms. The molecule has 0 saturated carbocycles. The molecule has 3 rings (SSSR count). The smallest absolute Gasteiger partial charge is 0.220 e. The van der Waals surface area contributed by atoms with Crippen molar-refractivity contribution in [3.8, 4) is 0 Å². The zero-order chi connectivity index (χ0) is 13.8. The second-order valence-electron chi connectivity index (χ2n) is 4.56. The van der Waals surface area contributed by atoms with Gasteiger partial charge in [-0.25, -0.2) is 4.39 Å². The number of hydrogen-bond acceptors (Lipinski definition) is 3. The fraction of sp³-hybridized carbons (Fsp3) is 0.125. The summed E-state index contributed by atoms with van der Waals surface area (Å²) >= 11 is 0. The van der Waals surface area contributed by atoms with E-state index in [1.165, 1.54) is 12.1 Å². The first kappa shape index (κ1) is 12.5. The maximum absolute atomic E-state index is 12.8. The van der Waals surface area contributed by atoms with Gasteiger partial charge in [-0.05, 0) is 23.3 Å². The summed E-state index contributed by atoms with van der Waals surface area (Å²) in [6.45, 7) is 0. The van der Waals surface area contributed by atoms with Gasteiger partial charge in [-0.3, -0.25) is 0 Å². The van der Waals surface area contributed by atoms with Gasteiger partial charge in [0.1, 0.15) is 5.82 Å². The van der Waals surface area contributed by atoms with Gasteiger partial charge in [0.25, 0.3) is 0 Å². The molecular weight excluding hydrogens is 255 g/mol. The summed E-state index contributed by atoms with van der Waals surface area (Å²) in [5.74, 6) is 0.889. The lowest BCUT2D eigenvalue weighted by molar-refractivity contribution is 0.466. The average molecular weight is 268 g/mol. The van der Waals surface area contributed by atoms with Crippen LogP contribution in [0.3, 0.4) is 0 Å². The Hall–Kier alpha value is -2.49. The Labute approximate surface area is 116 Å². The zero-order valence-electron chi connectivity index (χ0n) is 10.8. The van der Waals surface area contributed by atoms with E-state index in [1.807, 2.05) is 30.3 Å². The molecule has 0 radical (unpaired) electrons. The Morgan fingerprint density at radius 2 is 1.30 bits per heavy atom. The maximum Gasteiger partial charge on any atom is 0.220 e. The van der Waals surface area contributed by atoms with Gasteiger partial charge < -0.3 is 4.42 Å². The van der Waals surface area contributed by atoms with Crippen molar-refractivity contribution in [1.29, 1.82) is 0 Å². The molecule has 3 aromatic rings. The zero-order valence-corrected chi connectivity index (χ0v) is 10.8. The molecule has 0 aliphatic carbocycles. The van der Waals surface area contributed by atoms with E-state index in [9.17, 15) is 4.39 Å². The van der Waals surface area contributed by atoms with Crippen molar-refractivity contribution in [2.45, 2.75) is 12.8 Å². The third-order valence-electron chi connectivity index (χ3n) is 2.98. The fourth-order valence-corrected chi connectivity index (χ4v) is 1.98. The molecule has 1 heterocycles. The Balaban J connectivity index is 1.69. The molecular formula is C16H13FN2O. The quantitative estimate of drug-likeness (QED) is 0.728. The van der Waals surface area contributed by atoms with Gasteiger partial charge in [-0.2, -0.15) is 0 Å². The van der Waals surface area contributed by atoms with Gasteiger partial charge >= 0.3 is 0 Å². The highest BCUT2D eigenvalue weighted by Crippen LogP contribution is 2.12. The molecule has 0 amide bonds. The second-order valence-corrected chi connectivity index (χ2v) is 4.56. The van der Waals surface area contributed by atoms with Gasteiger partial charge in [0.15, 0.2) is 0 Å². The molecule has 2 aromatic carbocycles. The molecule has 3 nitrogen and oxygen atoms in total. The molecule has 20 heavy (non-hydrogen) atoms. The molecule has 0 saturated heterocycles. The second kappa shape index (κ2) is 5.65. The van der Waals surface area contributed by atoms with Crippen molar-refractivity contribution < 1.29 is 8.81 Å². The highest BCUT2D eigenvalue weighted by atomic mass is 19.1. The Bertz CT molecular complexity index is 677. The first-order valence-electron chi connectivity index (χ1n) is 6.39. The van der Waals surface area contributed by atoms with Crippen molar-refractivity contribution in [1.82, 2.24) is 10.2 Å². The fourth-order valence-electron chi connectivity index (χ4n) is 1.98. The standard InChI is InChI=1S/C16H13FN2O/c17-14-8-6-13(7-9-14)11-16-19-18-15(20-16)10-12-4-2-1-3-5-12/h1-9H,10-11H2. The van der Waals surface area contributed by atoms with Crippen molar-refractivity contribution in [2.24, 2.45) is 0 Å². The molecule has 0 fully saturated rings. The van der Waals surface area contributed by atoms with E-state index in [0.717, 1.165) is 11.1 Å². The molecule has 0 atom stereocenters. The van der Waals surface area contributed by atoms with Crippen LogP contribution in [0.1, 0.15) is 22.9 Å². The molecule has 1 aromatic heterocycles. The molecule has 100 valence electrons. The maximum atomic E-state index is 12.8. The lowest BCUT2D eigenvalue weighted by Crippen LogP contribution is -1.88. The van der Waals surface area contributed by atoms with Crippen molar-refractivity contribution in [3.63, 3.8) is 0 Å². The lowest BCUT2D eigenvalue weighted by Gasteiger charge is -1.97. The summed E-state index contributed by atoms with van der Waals surface area (Å²) in [4.78, 5) is 0. The van der Waals surface area contributed by atoms with Crippen LogP contribution >= 0.6 is 0 Å². The van der Waals surface area contributed by atoms with E-state index in [2.05, 4.69) is 10.2 Å². The highest BCUT2D eigenvalue weighted by Gasteiger charge is 2.07. The van der Waals surface area contributed by atoms with E-state index < -0.39 is 0 Å². The number of rotatable bonds is 4. The molecule has 0 aliphatic heterocycles. The van der Waals surface area contributed by atoms with E-state index in [-0.39, 0.29) is 5.82 Å². The third-order valence-corrected chi connectivity index (χ3v) is 2.98. The summed E-state index contributed by atoms with van der Waals surface area (Å²) in [5.41, 5.74) is 2.07. The van der Waals surface area contributed by atoms with Gasteiger partial charge in [0, 0.05) is 0 Å². The summed E-state index contributed by atoms with van der Waals surface area (Å²) in [7, 11) is 0. The van der Waals surface area contributed by atoms with Crippen molar-refractivity contribution in [2.75, 3.05) is 0 Å². The molecule has 0 unspecified atom stereocenters. The van der Waals surface area contributed by atoms with E-state index in [1.54, 1.807) is 12.1 Å². The predicted octanol–water partition coefficient (Wildman–Crippen LogP) is 3.39. The first-order chi connectivity index (χ1) is 9.79. The van der Waals surface area contributed by atoms with Crippen molar-refractivity contribution in [3.05, 3.63) is 83.3 Å². The SMILES string of the molecule is Fc1ccc(Cc2nnc(Cc3ccccc3)o2)cc1. The van der Waals surface area contributed by atoms with Crippen LogP contribution < -0.4 is 0 Å². The van der Waals surface area contributed by atoms with Gasteiger partial charge in [-0.15, -0.1) is 10.2 Å². The Morgan fingerprint density at radius 1 is 0.750 bits per heavy atom. The van der Waals surface area contributed by atoms with E-state index in [0.29, 0.717) is 24.6 Å². The Kier molecular flexibility index (Phi) is 3.54. The minimum Gasteiger partial charge on any atom is -0.425 e. The van der Waals surface area contributed by atoms with Crippen LogP contribution in [0.15, 0.2) is 59.0 Å². The number of halogens is 1. The monoisotopic (exact) mass is 268 g/mol. The number of nitrogens with zero attached hydrogens (tertiary/aromatic N) is 2. The number of hydrogen-bond donors (Lipinski definition) is 0. The molecule has 0 N–H and O–H groups in total. The topological polar surface area (TPSA) is 38.9 Å². The normalized spacial score (nSPS) is 10.7. The van der Waals surface area contributed by atoms with E-state index >= 15 is 0 Å². The van der Waals surface area contributed by atoms with Gasteiger partial charge in [0.05, 0.1) is 12.8 Å². The number of aromatic nitrogens is 2. The third kappa shape index (κ3) is 3.09. The predicted molar refractivity (Wildman–Crippen MR) is 72.8 cm³/mol. The Morgan fingerprint density at radius 3 is 1.90 bits per heavy atom. The molecule has 0 aliphatic rings. The highest BCUT2D eigenvalue weighted by molar-refractivity contribution is 5.20. The van der Waals surface area contributed by atoms with Crippen LogP contribution in [0.2, 0.25) is 0 Å². The first-order valence-corrected chi connectivity index (χ1v) is 6.39. The van der Waals surface area contributed by atoms with Gasteiger partial charge in [-0.1, -0.05) is 42.5 Å². The summed E-state index contributed by atoms with van der Waals surface area (Å²) in [6, 6.07) is 16.3. The van der Waals surface area contributed by atoms with Crippen LogP contribution in [0.4, 0.5) is 4.39 Å². The minimum atomic E-state index is -0.246. The van der Waals surface area contributed by atoms with Crippen molar-refractivity contribution >= 4 is 0 Å². The minimum absolute atomic E-state index is 0.246. The lowest BCUT2D eigenvalue weighted by atomic mass is 10.1. The van der Waals surface area contributed by atoms with Crippen LogP contribution in [0.5, 0.6) is 0 Å². The average Bonchev–Trinajstić information content (AvgIpc) is 2.90. The van der Waals surface area contributed by atoms with Crippen LogP contribution in [-0.4, -0.2) is 10.2 Å². The van der Waals surface area contributed by atoms with Gasteiger partial charge in [0.2, 0.25) is 11.8 Å². The van der Waals surface area contributed by atoms with Crippen LogP contribution in [0.25, 0.3) is 0 Å². The largest absolute Gasteiger partial charge is 0.425 e.